The molecule has 6 nitrogen and oxygen atoms in total. The molecule has 0 aliphatic carbocycles. The molecule has 0 aromatic heterocycles. The van der Waals surface area contributed by atoms with Gasteiger partial charge in [0.1, 0.15) is 11.9 Å². The molecule has 27 heavy (non-hydrogen) atoms. The molecule has 3 heterocycles. The number of halogens is 1. The summed E-state index contributed by atoms with van der Waals surface area (Å²) in [5.41, 5.74) is 0.728. The molecule has 0 N–H and O–H groups in total. The van der Waals surface area contributed by atoms with Gasteiger partial charge in [-0.05, 0) is 43.5 Å². The number of anilines is 1. The Labute approximate surface area is 158 Å². The Kier molecular flexibility index (Phi) is 4.60. The lowest BCUT2D eigenvalue weighted by atomic mass is 10.1. The van der Waals surface area contributed by atoms with E-state index in [9.17, 15) is 19.2 Å². The number of nitrogens with zero attached hydrogens (tertiary/aromatic N) is 4. The number of carbonyl (C=O) groups excluding carboxylic acids is 2. The largest absolute Gasteiger partial charge is 0.326 e. The number of rotatable bonds is 4. The third-order valence-corrected chi connectivity index (χ3v) is 5.99. The van der Waals surface area contributed by atoms with E-state index in [0.29, 0.717) is 19.6 Å². The third-order valence-electron chi connectivity index (χ3n) is 5.99. The maximum Gasteiger partial charge on any atom is 0.244 e. The minimum atomic E-state index is -0.317. The number of nitriles is 1. The number of hydrogen-bond donors (Lipinski definition) is 0. The molecule has 2 amide bonds. The molecule has 0 radical (unpaired) electrons. The number of amides is 2. The summed E-state index contributed by atoms with van der Waals surface area (Å²) >= 11 is 0. The summed E-state index contributed by atoms with van der Waals surface area (Å²) in [6, 6.07) is 7.75. The smallest absolute Gasteiger partial charge is 0.244 e. The molecule has 7 heteroatoms. The highest BCUT2D eigenvalue weighted by Crippen LogP contribution is 2.36. The number of hydrogen-bond acceptors (Lipinski definition) is 4. The second-order valence-corrected chi connectivity index (χ2v) is 7.76. The normalized spacial score (nSPS) is 28.6. The van der Waals surface area contributed by atoms with Gasteiger partial charge in [-0.3, -0.25) is 14.5 Å². The average Bonchev–Trinajstić information content (AvgIpc) is 3.36. The van der Waals surface area contributed by atoms with Crippen molar-refractivity contribution >= 4 is 17.5 Å². The Morgan fingerprint density at radius 2 is 2.11 bits per heavy atom. The van der Waals surface area contributed by atoms with Crippen molar-refractivity contribution in [1.82, 2.24) is 9.80 Å². The summed E-state index contributed by atoms with van der Waals surface area (Å²) in [6.07, 6.45) is 2.35. The lowest BCUT2D eigenvalue weighted by Crippen LogP contribution is -2.52. The molecule has 3 saturated heterocycles. The highest BCUT2D eigenvalue weighted by molar-refractivity contribution is 6.01. The number of piperazine rings is 1. The van der Waals surface area contributed by atoms with E-state index in [-0.39, 0.29) is 41.7 Å². The molecule has 3 aliphatic heterocycles. The molecule has 3 aliphatic rings. The van der Waals surface area contributed by atoms with Gasteiger partial charge in [0.25, 0.3) is 0 Å². The zero-order chi connectivity index (χ0) is 19.1. The SMILES string of the molecule is C[C@@H](CN1C[C@@H]2C[C@H]1C(=O)N2c1ccc(F)cc1)C(=O)N1CCC[C@H]1C#N. The minimum absolute atomic E-state index is 0.00432. The van der Waals surface area contributed by atoms with Crippen molar-refractivity contribution in [1.29, 1.82) is 5.26 Å². The van der Waals surface area contributed by atoms with Crippen molar-refractivity contribution in [2.45, 2.75) is 44.3 Å². The number of likely N-dealkylation sites (tertiary alicyclic amines) is 2. The van der Waals surface area contributed by atoms with E-state index in [1.807, 2.05) is 6.92 Å². The summed E-state index contributed by atoms with van der Waals surface area (Å²) in [7, 11) is 0. The van der Waals surface area contributed by atoms with Crippen LogP contribution in [0.3, 0.4) is 0 Å². The van der Waals surface area contributed by atoms with Gasteiger partial charge < -0.3 is 9.80 Å². The number of benzene rings is 1. The Morgan fingerprint density at radius 1 is 1.37 bits per heavy atom. The van der Waals surface area contributed by atoms with E-state index in [4.69, 9.17) is 0 Å². The zero-order valence-corrected chi connectivity index (χ0v) is 15.3. The molecule has 1 aromatic carbocycles. The topological polar surface area (TPSA) is 67.7 Å². The van der Waals surface area contributed by atoms with Crippen LogP contribution in [0.5, 0.6) is 0 Å². The summed E-state index contributed by atoms with van der Waals surface area (Å²) in [6.45, 7) is 3.76. The molecular formula is C20H23FN4O2. The zero-order valence-electron chi connectivity index (χ0n) is 15.3. The molecular weight excluding hydrogens is 347 g/mol. The molecule has 142 valence electrons. The lowest BCUT2D eigenvalue weighted by Gasteiger charge is -2.35. The molecule has 0 saturated carbocycles. The van der Waals surface area contributed by atoms with Crippen molar-refractivity contribution in [3.05, 3.63) is 30.1 Å². The minimum Gasteiger partial charge on any atom is -0.326 e. The predicted octanol–water partition coefficient (Wildman–Crippen LogP) is 1.77. The molecule has 3 fully saturated rings. The van der Waals surface area contributed by atoms with Crippen LogP contribution in [0.1, 0.15) is 26.2 Å². The van der Waals surface area contributed by atoms with E-state index < -0.39 is 0 Å². The quantitative estimate of drug-likeness (QED) is 0.810. The van der Waals surface area contributed by atoms with Gasteiger partial charge >= 0.3 is 0 Å². The number of carbonyl (C=O) groups is 2. The molecule has 0 unspecified atom stereocenters. The molecule has 2 bridgehead atoms. The fraction of sp³-hybridized carbons (Fsp3) is 0.550. The first-order valence-electron chi connectivity index (χ1n) is 9.52. The lowest BCUT2D eigenvalue weighted by molar-refractivity contribution is -0.136. The van der Waals surface area contributed by atoms with Crippen LogP contribution in [0.2, 0.25) is 0 Å². The van der Waals surface area contributed by atoms with E-state index in [1.54, 1.807) is 21.9 Å². The van der Waals surface area contributed by atoms with Crippen LogP contribution in [-0.2, 0) is 9.59 Å². The Bertz CT molecular complexity index is 790. The molecule has 4 atom stereocenters. The predicted molar refractivity (Wildman–Crippen MR) is 97.2 cm³/mol. The van der Waals surface area contributed by atoms with Crippen LogP contribution in [0.4, 0.5) is 10.1 Å². The van der Waals surface area contributed by atoms with Crippen molar-refractivity contribution in [3.8, 4) is 6.07 Å². The Balaban J connectivity index is 1.40. The fourth-order valence-corrected chi connectivity index (χ4v) is 4.68. The first-order chi connectivity index (χ1) is 13.0. The Hall–Kier alpha value is -2.46. The van der Waals surface area contributed by atoms with Crippen LogP contribution in [0, 0.1) is 23.1 Å². The van der Waals surface area contributed by atoms with E-state index >= 15 is 0 Å². The summed E-state index contributed by atoms with van der Waals surface area (Å²) < 4.78 is 13.2. The van der Waals surface area contributed by atoms with Gasteiger partial charge in [-0.1, -0.05) is 6.92 Å². The second-order valence-electron chi connectivity index (χ2n) is 7.76. The van der Waals surface area contributed by atoms with E-state index in [2.05, 4.69) is 11.0 Å². The van der Waals surface area contributed by atoms with Gasteiger partial charge in [0.15, 0.2) is 0 Å². The standard InChI is InChI=1S/C20H23FN4O2/c1-13(19(26)24-8-2-3-16(24)10-22)11-23-12-17-9-18(23)20(27)25(17)15-6-4-14(21)5-7-15/h4-7,13,16-18H,2-3,8-9,11-12H2,1H3/t13-,16-,17-,18-/m0/s1. The van der Waals surface area contributed by atoms with Crippen LogP contribution >= 0.6 is 0 Å². The Morgan fingerprint density at radius 3 is 2.78 bits per heavy atom. The van der Waals surface area contributed by atoms with Crippen molar-refractivity contribution in [2.24, 2.45) is 5.92 Å². The maximum atomic E-state index is 13.2. The van der Waals surface area contributed by atoms with Crippen molar-refractivity contribution < 1.29 is 14.0 Å². The van der Waals surface area contributed by atoms with Gasteiger partial charge in [-0.25, -0.2) is 4.39 Å². The summed E-state index contributed by atoms with van der Waals surface area (Å²) in [4.78, 5) is 31.1. The second kappa shape index (κ2) is 6.93. The summed E-state index contributed by atoms with van der Waals surface area (Å²) in [5, 5.41) is 9.20. The first-order valence-corrected chi connectivity index (χ1v) is 9.52. The third kappa shape index (κ3) is 3.08. The van der Waals surface area contributed by atoms with Gasteiger partial charge in [0.2, 0.25) is 11.8 Å². The fourth-order valence-electron chi connectivity index (χ4n) is 4.68. The van der Waals surface area contributed by atoms with Crippen molar-refractivity contribution in [3.63, 3.8) is 0 Å². The van der Waals surface area contributed by atoms with Crippen LogP contribution in [0.25, 0.3) is 0 Å². The maximum absolute atomic E-state index is 13.2. The molecule has 1 aromatic rings. The monoisotopic (exact) mass is 370 g/mol. The molecule has 0 spiro atoms. The van der Waals surface area contributed by atoms with E-state index in [1.165, 1.54) is 12.1 Å². The van der Waals surface area contributed by atoms with Gasteiger partial charge in [0, 0.05) is 31.2 Å². The van der Waals surface area contributed by atoms with Crippen LogP contribution < -0.4 is 4.90 Å². The number of fused-ring (bicyclic) bond motifs is 2. The average molecular weight is 370 g/mol. The van der Waals surface area contributed by atoms with Gasteiger partial charge in [-0.2, -0.15) is 5.26 Å². The van der Waals surface area contributed by atoms with Crippen LogP contribution in [-0.4, -0.2) is 59.4 Å². The highest BCUT2D eigenvalue weighted by atomic mass is 19.1. The summed E-state index contributed by atoms with van der Waals surface area (Å²) in [5.74, 6) is -0.536. The highest BCUT2D eigenvalue weighted by Gasteiger charge is 2.50. The van der Waals surface area contributed by atoms with Gasteiger partial charge in [0.05, 0.1) is 18.2 Å². The van der Waals surface area contributed by atoms with E-state index in [0.717, 1.165) is 24.9 Å². The van der Waals surface area contributed by atoms with Gasteiger partial charge in [-0.15, -0.1) is 0 Å². The van der Waals surface area contributed by atoms with Crippen molar-refractivity contribution in [2.75, 3.05) is 24.5 Å². The van der Waals surface area contributed by atoms with Crippen LogP contribution in [0.15, 0.2) is 24.3 Å². The molecule has 4 rings (SSSR count). The first kappa shape index (κ1) is 17.9.